The Balaban J connectivity index is 2.65. The van der Waals surface area contributed by atoms with E-state index in [0.717, 1.165) is 25.7 Å². The molecule has 1 fully saturated rings. The molecule has 0 saturated heterocycles. The Labute approximate surface area is 201 Å². The Hall–Kier alpha value is -2.37. The third-order valence-electron chi connectivity index (χ3n) is 5.79. The molecule has 7 nitrogen and oxygen atoms in total. The minimum absolute atomic E-state index is 0.00927. The molecule has 1 aliphatic rings. The molecule has 1 atom stereocenters. The highest BCUT2D eigenvalue weighted by Gasteiger charge is 2.39. The summed E-state index contributed by atoms with van der Waals surface area (Å²) in [5, 5.41) is 0. The molecule has 1 aliphatic carbocycles. The Morgan fingerprint density at radius 2 is 1.79 bits per heavy atom. The molecule has 0 N–H and O–H groups in total. The predicted octanol–water partition coefficient (Wildman–Crippen LogP) is 3.80. The van der Waals surface area contributed by atoms with Gasteiger partial charge in [0, 0.05) is 33.0 Å². The van der Waals surface area contributed by atoms with Gasteiger partial charge in [-0.1, -0.05) is 32.6 Å². The zero-order valence-corrected chi connectivity index (χ0v) is 21.6. The Morgan fingerprint density at radius 1 is 1.15 bits per heavy atom. The van der Waals surface area contributed by atoms with Crippen LogP contribution >= 0.6 is 11.3 Å². The summed E-state index contributed by atoms with van der Waals surface area (Å²) in [6, 6.07) is 0.821. The van der Waals surface area contributed by atoms with Gasteiger partial charge in [-0.3, -0.25) is 14.5 Å². The normalized spacial score (nSPS) is 18.8. The van der Waals surface area contributed by atoms with Crippen LogP contribution in [0.15, 0.2) is 6.07 Å². The first-order valence-electron chi connectivity index (χ1n) is 11.4. The van der Waals surface area contributed by atoms with E-state index in [4.69, 9.17) is 9.47 Å². The van der Waals surface area contributed by atoms with Crippen LogP contribution in [-0.4, -0.2) is 63.6 Å². The maximum absolute atomic E-state index is 13.9. The SMILES string of the molecule is COCC(C(=O)N(C)C)N(C(=O)C1CCC(C)CC1)c1cc(C#CC(C)C)sc1C(=O)OC. The molecular weight excluding hydrogens is 440 g/mol. The second kappa shape index (κ2) is 12.2. The number of hydrogen-bond acceptors (Lipinski definition) is 6. The van der Waals surface area contributed by atoms with Gasteiger partial charge in [0.25, 0.3) is 0 Å². The van der Waals surface area contributed by atoms with Crippen LogP contribution in [0.2, 0.25) is 0 Å². The van der Waals surface area contributed by atoms with Crippen LogP contribution < -0.4 is 4.90 Å². The molecule has 33 heavy (non-hydrogen) atoms. The number of methoxy groups -OCH3 is 2. The summed E-state index contributed by atoms with van der Waals surface area (Å²) in [4.78, 5) is 43.6. The lowest BCUT2D eigenvalue weighted by molar-refractivity contribution is -0.134. The van der Waals surface area contributed by atoms with Gasteiger partial charge in [-0.15, -0.1) is 11.3 Å². The molecule has 182 valence electrons. The van der Waals surface area contributed by atoms with Crippen LogP contribution in [0, 0.1) is 29.6 Å². The maximum Gasteiger partial charge on any atom is 0.350 e. The number of thiophene rings is 1. The van der Waals surface area contributed by atoms with Crippen molar-refractivity contribution in [3.8, 4) is 11.8 Å². The fourth-order valence-electron chi connectivity index (χ4n) is 3.93. The van der Waals surface area contributed by atoms with Crippen molar-refractivity contribution in [3.63, 3.8) is 0 Å². The smallest absolute Gasteiger partial charge is 0.350 e. The number of hydrogen-bond donors (Lipinski definition) is 0. The van der Waals surface area contributed by atoms with E-state index < -0.39 is 12.0 Å². The minimum Gasteiger partial charge on any atom is -0.465 e. The fraction of sp³-hybridized carbons (Fsp3) is 0.640. The van der Waals surface area contributed by atoms with E-state index in [9.17, 15) is 14.4 Å². The van der Waals surface area contributed by atoms with E-state index in [1.165, 1.54) is 35.4 Å². The molecule has 1 unspecified atom stereocenters. The van der Waals surface area contributed by atoms with Crippen LogP contribution in [0.5, 0.6) is 0 Å². The first-order valence-corrected chi connectivity index (χ1v) is 12.2. The molecule has 1 aromatic heterocycles. The third-order valence-corrected chi connectivity index (χ3v) is 6.81. The van der Waals surface area contributed by atoms with Crippen molar-refractivity contribution >= 4 is 34.8 Å². The van der Waals surface area contributed by atoms with Crippen molar-refractivity contribution in [1.29, 1.82) is 0 Å². The molecular formula is C25H36N2O5S. The summed E-state index contributed by atoms with van der Waals surface area (Å²) in [5.41, 5.74) is 0.362. The second-order valence-corrected chi connectivity index (χ2v) is 10.2. The van der Waals surface area contributed by atoms with Gasteiger partial charge in [0.05, 0.1) is 24.3 Å². The molecule has 1 aromatic rings. The molecule has 8 heteroatoms. The van der Waals surface area contributed by atoms with Crippen LogP contribution in [0.3, 0.4) is 0 Å². The molecule has 0 radical (unpaired) electrons. The summed E-state index contributed by atoms with van der Waals surface area (Å²) >= 11 is 1.17. The summed E-state index contributed by atoms with van der Waals surface area (Å²) in [7, 11) is 6.08. The number of nitrogens with zero attached hydrogens (tertiary/aromatic N) is 2. The molecule has 2 amide bonds. The number of carbonyl (C=O) groups excluding carboxylic acids is 3. The Morgan fingerprint density at radius 3 is 2.30 bits per heavy atom. The molecule has 0 spiro atoms. The average molecular weight is 477 g/mol. The summed E-state index contributed by atoms with van der Waals surface area (Å²) in [6.07, 6.45) is 3.42. The summed E-state index contributed by atoms with van der Waals surface area (Å²) in [5.74, 6) is 5.69. The van der Waals surface area contributed by atoms with Crippen molar-refractivity contribution in [2.24, 2.45) is 17.8 Å². The number of rotatable bonds is 7. The number of ether oxygens (including phenoxy) is 2. The lowest BCUT2D eigenvalue weighted by atomic mass is 9.82. The van der Waals surface area contributed by atoms with Gasteiger partial charge in [-0.05, 0) is 37.7 Å². The van der Waals surface area contributed by atoms with Crippen LogP contribution in [0.4, 0.5) is 5.69 Å². The standard InChI is InChI=1S/C25H36N2O5S/c1-16(2)8-13-19-14-20(22(33-19)25(30)32-7)27(21(15-31-6)24(29)26(4)5)23(28)18-11-9-17(3)10-12-18/h14,16-18,21H,9-12,15H2,1-7H3. The van der Waals surface area contributed by atoms with E-state index in [2.05, 4.69) is 18.8 Å². The van der Waals surface area contributed by atoms with Gasteiger partial charge in [0.15, 0.2) is 0 Å². The Bertz CT molecular complexity index is 904. The molecule has 1 saturated carbocycles. The van der Waals surface area contributed by atoms with Crippen molar-refractivity contribution in [3.05, 3.63) is 15.8 Å². The highest BCUT2D eigenvalue weighted by molar-refractivity contribution is 7.15. The number of anilines is 1. The first-order chi connectivity index (χ1) is 15.6. The molecule has 0 aliphatic heterocycles. The molecule has 2 rings (SSSR count). The number of carbonyl (C=O) groups is 3. The predicted molar refractivity (Wildman–Crippen MR) is 130 cm³/mol. The van der Waals surface area contributed by atoms with Gasteiger partial charge >= 0.3 is 5.97 Å². The molecule has 0 bridgehead atoms. The van der Waals surface area contributed by atoms with Crippen LogP contribution in [-0.2, 0) is 19.1 Å². The minimum atomic E-state index is -0.902. The lowest BCUT2D eigenvalue weighted by Crippen LogP contribution is -2.54. The third kappa shape index (κ3) is 6.81. The van der Waals surface area contributed by atoms with E-state index in [1.807, 2.05) is 13.8 Å². The fourth-order valence-corrected chi connectivity index (χ4v) is 4.86. The van der Waals surface area contributed by atoms with Crippen molar-refractivity contribution in [2.75, 3.05) is 39.8 Å². The van der Waals surface area contributed by atoms with Gasteiger partial charge in [-0.25, -0.2) is 4.79 Å². The average Bonchev–Trinajstić information content (AvgIpc) is 3.20. The van der Waals surface area contributed by atoms with E-state index in [0.29, 0.717) is 16.5 Å². The van der Waals surface area contributed by atoms with Gasteiger partial charge in [-0.2, -0.15) is 0 Å². The number of esters is 1. The Kier molecular flexibility index (Phi) is 9.93. The topological polar surface area (TPSA) is 76.2 Å². The highest BCUT2D eigenvalue weighted by Crippen LogP contribution is 2.36. The zero-order valence-electron chi connectivity index (χ0n) is 20.8. The summed E-state index contributed by atoms with van der Waals surface area (Å²) in [6.45, 7) is 6.16. The van der Waals surface area contributed by atoms with Crippen molar-refractivity contribution < 1.29 is 23.9 Å². The highest BCUT2D eigenvalue weighted by atomic mass is 32.1. The number of likely N-dealkylation sites (N-methyl/N-ethyl adjacent to an activating group) is 1. The first kappa shape index (κ1) is 26.9. The number of amides is 2. The van der Waals surface area contributed by atoms with E-state index in [-0.39, 0.29) is 35.1 Å². The van der Waals surface area contributed by atoms with Crippen LogP contribution in [0.1, 0.15) is 61.0 Å². The quantitative estimate of drug-likeness (QED) is 0.442. The van der Waals surface area contributed by atoms with Gasteiger partial charge in [0.1, 0.15) is 10.9 Å². The molecule has 0 aromatic carbocycles. The van der Waals surface area contributed by atoms with E-state index in [1.54, 1.807) is 20.2 Å². The summed E-state index contributed by atoms with van der Waals surface area (Å²) < 4.78 is 10.4. The second-order valence-electron chi connectivity index (χ2n) is 9.11. The van der Waals surface area contributed by atoms with Crippen molar-refractivity contribution in [2.45, 2.75) is 52.5 Å². The molecule has 1 heterocycles. The zero-order chi connectivity index (χ0) is 24.7. The monoisotopic (exact) mass is 476 g/mol. The van der Waals surface area contributed by atoms with Gasteiger partial charge in [0.2, 0.25) is 11.8 Å². The van der Waals surface area contributed by atoms with E-state index >= 15 is 0 Å². The van der Waals surface area contributed by atoms with Crippen LogP contribution in [0.25, 0.3) is 0 Å². The largest absolute Gasteiger partial charge is 0.465 e. The van der Waals surface area contributed by atoms with Gasteiger partial charge < -0.3 is 14.4 Å². The maximum atomic E-state index is 13.9. The van der Waals surface area contributed by atoms with Crippen molar-refractivity contribution in [1.82, 2.24) is 4.90 Å². The lowest BCUT2D eigenvalue weighted by Gasteiger charge is -2.36.